The smallest absolute Gasteiger partial charge is 0.379 e. The molecule has 184 valence electrons. The zero-order valence-electron chi connectivity index (χ0n) is 18.8. The van der Waals surface area contributed by atoms with Crippen molar-refractivity contribution in [1.29, 1.82) is 0 Å². The van der Waals surface area contributed by atoms with E-state index in [9.17, 15) is 22.8 Å². The molecule has 1 aromatic carbocycles. The molecule has 1 N–H and O–H groups in total. The number of halogens is 3. The molecule has 2 aliphatic heterocycles. The molecule has 0 saturated carbocycles. The normalized spacial score (nSPS) is 17.8. The molecule has 0 bridgehead atoms. The highest BCUT2D eigenvalue weighted by atomic mass is 32.1. The fraction of sp³-hybridized carbons (Fsp3) is 0.500. The van der Waals surface area contributed by atoms with Crippen molar-refractivity contribution in [2.24, 2.45) is 0 Å². The molecule has 1 aromatic heterocycles. The maximum absolute atomic E-state index is 13.0. The molecule has 34 heavy (non-hydrogen) atoms. The number of alkyl halides is 3. The van der Waals surface area contributed by atoms with Gasteiger partial charge in [0.2, 0.25) is 11.8 Å². The first-order valence-corrected chi connectivity index (χ1v) is 12.3. The van der Waals surface area contributed by atoms with Gasteiger partial charge in [0.25, 0.3) is 0 Å². The van der Waals surface area contributed by atoms with Crippen LogP contribution in [-0.2, 0) is 33.5 Å². The molecule has 2 aromatic rings. The van der Waals surface area contributed by atoms with Crippen LogP contribution in [-0.4, -0.2) is 61.0 Å². The first-order valence-electron chi connectivity index (χ1n) is 11.4. The quantitative estimate of drug-likeness (QED) is 0.638. The monoisotopic (exact) mass is 495 g/mol. The van der Waals surface area contributed by atoms with Crippen molar-refractivity contribution in [2.45, 2.75) is 38.0 Å². The molecule has 4 rings (SSSR count). The van der Waals surface area contributed by atoms with Crippen molar-refractivity contribution in [2.75, 3.05) is 39.4 Å². The zero-order chi connectivity index (χ0) is 24.1. The van der Waals surface area contributed by atoms with Gasteiger partial charge in [0.05, 0.1) is 24.8 Å². The predicted octanol–water partition coefficient (Wildman–Crippen LogP) is 3.62. The lowest BCUT2D eigenvalue weighted by molar-refractivity contribution is -0.137. The number of morpholine rings is 1. The summed E-state index contributed by atoms with van der Waals surface area (Å²) in [5.41, 5.74) is 1.18. The van der Waals surface area contributed by atoms with Crippen LogP contribution in [0.25, 0.3) is 0 Å². The lowest BCUT2D eigenvalue weighted by Gasteiger charge is -2.35. The molecule has 1 atom stereocenters. The lowest BCUT2D eigenvalue weighted by Crippen LogP contribution is -2.44. The molecule has 10 heteroatoms. The van der Waals surface area contributed by atoms with Gasteiger partial charge in [0.15, 0.2) is 0 Å². The summed E-state index contributed by atoms with van der Waals surface area (Å²) in [5.74, 6) is -0.286. The summed E-state index contributed by atoms with van der Waals surface area (Å²) in [5, 5.41) is 4.92. The van der Waals surface area contributed by atoms with Crippen molar-refractivity contribution >= 4 is 23.2 Å². The molecular formula is C24H28F3N3O3S. The van der Waals surface area contributed by atoms with Gasteiger partial charge in [-0.15, -0.1) is 11.3 Å². The topological polar surface area (TPSA) is 61.9 Å². The van der Waals surface area contributed by atoms with E-state index in [0.29, 0.717) is 45.0 Å². The van der Waals surface area contributed by atoms with Crippen LogP contribution in [0, 0.1) is 0 Å². The third kappa shape index (κ3) is 6.17. The number of amides is 2. The fourth-order valence-corrected chi connectivity index (χ4v) is 5.27. The second-order valence-electron chi connectivity index (χ2n) is 8.52. The van der Waals surface area contributed by atoms with Crippen molar-refractivity contribution in [1.82, 2.24) is 15.1 Å². The Morgan fingerprint density at radius 2 is 1.79 bits per heavy atom. The molecule has 0 radical (unpaired) electrons. The highest BCUT2D eigenvalue weighted by Gasteiger charge is 2.31. The average molecular weight is 496 g/mol. The van der Waals surface area contributed by atoms with E-state index in [2.05, 4.69) is 10.2 Å². The van der Waals surface area contributed by atoms with Gasteiger partial charge < -0.3 is 15.0 Å². The van der Waals surface area contributed by atoms with Crippen LogP contribution in [0.3, 0.4) is 0 Å². The maximum atomic E-state index is 13.0. The van der Waals surface area contributed by atoms with Crippen LogP contribution in [0.4, 0.5) is 13.2 Å². The van der Waals surface area contributed by atoms with Crippen molar-refractivity contribution in [3.05, 3.63) is 57.3 Å². The Labute approximate surface area is 200 Å². The largest absolute Gasteiger partial charge is 0.416 e. The SMILES string of the molecule is O=C(CCC(=O)N1CCc2sccc2C1)NCC(c1ccc(C(F)(F)F)cc1)N1CCOCC1. The summed E-state index contributed by atoms with van der Waals surface area (Å²) in [6, 6.07) is 6.84. The summed E-state index contributed by atoms with van der Waals surface area (Å²) in [6.07, 6.45) is -3.34. The number of hydrogen-bond acceptors (Lipinski definition) is 5. The second kappa shape index (κ2) is 10.9. The third-order valence-electron chi connectivity index (χ3n) is 6.33. The van der Waals surface area contributed by atoms with E-state index in [0.717, 1.165) is 18.6 Å². The molecule has 1 unspecified atom stereocenters. The standard InChI is InChI=1S/C24H28F3N3O3S/c25-24(26,27)19-3-1-17(2-4-19)20(29-10-12-33-13-11-29)15-28-22(31)5-6-23(32)30-9-7-21-18(16-30)8-14-34-21/h1-4,8,14,20H,5-7,9-13,15-16H2,(H,28,31). The van der Waals surface area contributed by atoms with Crippen LogP contribution >= 0.6 is 11.3 Å². The molecule has 0 aliphatic carbocycles. The summed E-state index contributed by atoms with van der Waals surface area (Å²) in [6.45, 7) is 3.81. The van der Waals surface area contributed by atoms with Gasteiger partial charge in [0.1, 0.15) is 0 Å². The molecule has 2 aliphatic rings. The van der Waals surface area contributed by atoms with Gasteiger partial charge in [-0.2, -0.15) is 13.2 Å². The van der Waals surface area contributed by atoms with Gasteiger partial charge in [-0.3, -0.25) is 14.5 Å². The van der Waals surface area contributed by atoms with E-state index in [1.807, 2.05) is 11.4 Å². The molecule has 1 fully saturated rings. The number of carbonyl (C=O) groups is 2. The first-order chi connectivity index (χ1) is 16.3. The van der Waals surface area contributed by atoms with E-state index in [1.54, 1.807) is 16.2 Å². The molecule has 0 spiro atoms. The molecule has 3 heterocycles. The Balaban J connectivity index is 1.32. The Hall–Kier alpha value is -2.43. The number of ether oxygens (including phenoxy) is 1. The molecule has 1 saturated heterocycles. The van der Waals surface area contributed by atoms with Crippen LogP contribution in [0.5, 0.6) is 0 Å². The highest BCUT2D eigenvalue weighted by Crippen LogP contribution is 2.31. The number of nitrogens with one attached hydrogen (secondary N) is 1. The summed E-state index contributed by atoms with van der Waals surface area (Å²) in [7, 11) is 0. The average Bonchev–Trinajstić information content (AvgIpc) is 3.31. The second-order valence-corrected chi connectivity index (χ2v) is 9.52. The first kappa shape index (κ1) is 24.7. The zero-order valence-corrected chi connectivity index (χ0v) is 19.6. The van der Waals surface area contributed by atoms with Crippen molar-refractivity contribution in [3.8, 4) is 0 Å². The summed E-state index contributed by atoms with van der Waals surface area (Å²) >= 11 is 1.71. The van der Waals surface area contributed by atoms with E-state index < -0.39 is 11.7 Å². The fourth-order valence-electron chi connectivity index (χ4n) is 4.38. The van der Waals surface area contributed by atoms with E-state index >= 15 is 0 Å². The van der Waals surface area contributed by atoms with Crippen LogP contribution in [0.1, 0.15) is 40.5 Å². The minimum absolute atomic E-state index is 0.0422. The summed E-state index contributed by atoms with van der Waals surface area (Å²) in [4.78, 5) is 30.3. The van der Waals surface area contributed by atoms with Crippen LogP contribution < -0.4 is 5.32 Å². The predicted molar refractivity (Wildman–Crippen MR) is 122 cm³/mol. The number of carbonyl (C=O) groups excluding carboxylic acids is 2. The Bertz CT molecular complexity index is 987. The van der Waals surface area contributed by atoms with Crippen molar-refractivity contribution < 1.29 is 27.5 Å². The Morgan fingerprint density at radius 1 is 1.06 bits per heavy atom. The lowest BCUT2D eigenvalue weighted by atomic mass is 10.0. The number of rotatable bonds is 7. The Kier molecular flexibility index (Phi) is 7.90. The highest BCUT2D eigenvalue weighted by molar-refractivity contribution is 7.10. The van der Waals surface area contributed by atoms with Gasteiger partial charge in [0, 0.05) is 50.4 Å². The van der Waals surface area contributed by atoms with Gasteiger partial charge in [-0.25, -0.2) is 0 Å². The number of thiophene rings is 1. The van der Waals surface area contributed by atoms with Crippen LogP contribution in [0.2, 0.25) is 0 Å². The summed E-state index contributed by atoms with van der Waals surface area (Å²) < 4.78 is 44.3. The molecular weight excluding hydrogens is 467 g/mol. The Morgan fingerprint density at radius 3 is 2.50 bits per heavy atom. The molecule has 6 nitrogen and oxygen atoms in total. The molecule has 2 amide bonds. The third-order valence-corrected chi connectivity index (χ3v) is 7.35. The van der Waals surface area contributed by atoms with Gasteiger partial charge in [-0.1, -0.05) is 12.1 Å². The van der Waals surface area contributed by atoms with E-state index in [4.69, 9.17) is 4.74 Å². The van der Waals surface area contributed by atoms with Gasteiger partial charge in [-0.05, 0) is 41.1 Å². The van der Waals surface area contributed by atoms with E-state index in [1.165, 1.54) is 22.6 Å². The number of fused-ring (bicyclic) bond motifs is 1. The number of benzene rings is 1. The maximum Gasteiger partial charge on any atom is 0.416 e. The van der Waals surface area contributed by atoms with Crippen LogP contribution in [0.15, 0.2) is 35.7 Å². The number of hydrogen-bond donors (Lipinski definition) is 1. The van der Waals surface area contributed by atoms with Gasteiger partial charge >= 0.3 is 6.18 Å². The number of nitrogens with zero attached hydrogens (tertiary/aromatic N) is 2. The minimum atomic E-state index is -4.40. The van der Waals surface area contributed by atoms with Crippen molar-refractivity contribution in [3.63, 3.8) is 0 Å². The van der Waals surface area contributed by atoms with E-state index in [-0.39, 0.29) is 37.2 Å². The minimum Gasteiger partial charge on any atom is -0.379 e.